The Morgan fingerprint density at radius 3 is 2.41 bits per heavy atom. The van der Waals surface area contributed by atoms with Gasteiger partial charge in [-0.05, 0) is 51.4 Å². The van der Waals surface area contributed by atoms with Crippen molar-refractivity contribution in [1.82, 2.24) is 4.57 Å². The van der Waals surface area contributed by atoms with Crippen molar-refractivity contribution in [3.8, 4) is 0 Å². The number of Topliss-reactive ketones (excluding diaryl/α,β-unsaturated/α-hetero) is 1. The molecule has 5 aromatic rings. The van der Waals surface area contributed by atoms with Gasteiger partial charge in [0, 0.05) is 52.9 Å². The first kappa shape index (κ1) is 22.1. The Labute approximate surface area is 217 Å². The van der Waals surface area contributed by atoms with Crippen molar-refractivity contribution in [3.63, 3.8) is 0 Å². The molecule has 0 saturated carbocycles. The summed E-state index contributed by atoms with van der Waals surface area (Å²) in [5, 5.41) is 7.35. The highest BCUT2D eigenvalue weighted by Crippen LogP contribution is 2.52. The van der Waals surface area contributed by atoms with E-state index in [2.05, 4.69) is 121 Å². The Balaban J connectivity index is 1.51. The normalized spacial score (nSPS) is 18.5. The number of para-hydroxylation sites is 1. The third kappa shape index (κ3) is 3.61. The highest BCUT2D eigenvalue weighted by Gasteiger charge is 2.42. The van der Waals surface area contributed by atoms with E-state index in [4.69, 9.17) is 0 Å². The van der Waals surface area contributed by atoms with Gasteiger partial charge in [0.1, 0.15) is 0 Å². The summed E-state index contributed by atoms with van der Waals surface area (Å²) in [5.74, 6) is 0.157. The second-order valence-corrected chi connectivity index (χ2v) is 11.4. The molecule has 0 fully saturated rings. The summed E-state index contributed by atoms with van der Waals surface area (Å²) < 4.78 is 2.35. The summed E-state index contributed by atoms with van der Waals surface area (Å²) in [6.45, 7) is 5.20. The van der Waals surface area contributed by atoms with Crippen LogP contribution in [-0.2, 0) is 11.3 Å². The van der Waals surface area contributed by atoms with Gasteiger partial charge in [0.25, 0.3) is 0 Å². The van der Waals surface area contributed by atoms with E-state index in [0.717, 1.165) is 29.9 Å². The molecular weight excluding hydrogens is 452 g/mol. The molecule has 1 aliphatic heterocycles. The topological polar surface area (TPSA) is 34.0 Å². The van der Waals surface area contributed by atoms with Crippen LogP contribution < -0.4 is 5.32 Å². The molecule has 0 saturated heterocycles. The number of anilines is 1. The van der Waals surface area contributed by atoms with Crippen molar-refractivity contribution in [2.75, 3.05) is 5.32 Å². The van der Waals surface area contributed by atoms with Crippen LogP contribution in [0.1, 0.15) is 49.3 Å². The number of hydrogen-bond acceptors (Lipinski definition) is 2. The molecule has 1 N–H and O–H groups in total. The summed E-state index contributed by atoms with van der Waals surface area (Å²) in [5.41, 5.74) is 8.00. The molecule has 0 amide bonds. The van der Waals surface area contributed by atoms with Gasteiger partial charge >= 0.3 is 0 Å². The van der Waals surface area contributed by atoms with Crippen LogP contribution in [-0.4, -0.2) is 10.4 Å². The largest absolute Gasteiger partial charge is 0.358 e. The van der Waals surface area contributed by atoms with Crippen LogP contribution in [0.2, 0.25) is 0 Å². The molecule has 3 heteroatoms. The zero-order valence-electron chi connectivity index (χ0n) is 21.3. The number of ketones is 1. The Morgan fingerprint density at radius 2 is 1.57 bits per heavy atom. The second-order valence-electron chi connectivity index (χ2n) is 11.4. The van der Waals surface area contributed by atoms with E-state index in [1.54, 1.807) is 0 Å². The Hall–Kier alpha value is -4.11. The van der Waals surface area contributed by atoms with E-state index >= 15 is 0 Å². The fourth-order valence-corrected chi connectivity index (χ4v) is 6.53. The summed E-state index contributed by atoms with van der Waals surface area (Å²) in [6.07, 6.45) is 3.75. The number of allylic oxidation sites excluding steroid dienone is 2. The Morgan fingerprint density at radius 1 is 0.838 bits per heavy atom. The minimum absolute atomic E-state index is 0.0525. The third-order valence-electron chi connectivity index (χ3n) is 8.08. The molecule has 4 aromatic carbocycles. The zero-order chi connectivity index (χ0) is 25.1. The number of hydrogen-bond donors (Lipinski definition) is 1. The molecule has 1 atom stereocenters. The van der Waals surface area contributed by atoms with Crippen molar-refractivity contribution in [2.24, 2.45) is 5.41 Å². The van der Waals surface area contributed by atoms with Crippen molar-refractivity contribution in [2.45, 2.75) is 39.2 Å². The molecule has 0 bridgehead atoms. The predicted octanol–water partition coefficient (Wildman–Crippen LogP) is 8.04. The highest BCUT2D eigenvalue weighted by molar-refractivity contribution is 6.05. The summed E-state index contributed by atoms with van der Waals surface area (Å²) in [7, 11) is 0. The van der Waals surface area contributed by atoms with Crippen LogP contribution in [0.5, 0.6) is 0 Å². The first-order valence-corrected chi connectivity index (χ1v) is 13.2. The average molecular weight is 483 g/mol. The number of aromatic nitrogens is 1. The SMILES string of the molecule is CC1(C)CC(=O)C2=C(C1)Nc1ccc3ccccc3c1C2c1cn(Cc2ccccc2)c2ccccc12. The molecule has 2 aliphatic rings. The molecule has 1 aliphatic carbocycles. The molecule has 182 valence electrons. The van der Waals surface area contributed by atoms with E-state index in [0.29, 0.717) is 6.42 Å². The average Bonchev–Trinajstić information content (AvgIpc) is 3.25. The maximum atomic E-state index is 13.9. The van der Waals surface area contributed by atoms with Crippen molar-refractivity contribution < 1.29 is 4.79 Å². The van der Waals surface area contributed by atoms with Gasteiger partial charge in [-0.1, -0.05) is 92.7 Å². The number of benzene rings is 4. The van der Waals surface area contributed by atoms with Gasteiger partial charge in [0.2, 0.25) is 0 Å². The smallest absolute Gasteiger partial charge is 0.162 e. The number of fused-ring (bicyclic) bond motifs is 4. The number of nitrogens with zero attached hydrogens (tertiary/aromatic N) is 1. The fourth-order valence-electron chi connectivity index (χ4n) is 6.53. The number of carbonyl (C=O) groups excluding carboxylic acids is 1. The van der Waals surface area contributed by atoms with Gasteiger partial charge in [-0.2, -0.15) is 0 Å². The van der Waals surface area contributed by atoms with E-state index < -0.39 is 0 Å². The quantitative estimate of drug-likeness (QED) is 0.282. The third-order valence-corrected chi connectivity index (χ3v) is 8.08. The molecule has 0 spiro atoms. The van der Waals surface area contributed by atoms with Gasteiger partial charge in [0.05, 0.1) is 0 Å². The van der Waals surface area contributed by atoms with E-state index in [1.807, 2.05) is 0 Å². The molecule has 7 rings (SSSR count). The van der Waals surface area contributed by atoms with Crippen molar-refractivity contribution >= 4 is 33.1 Å². The maximum Gasteiger partial charge on any atom is 0.162 e. The minimum atomic E-state index is -0.108. The van der Waals surface area contributed by atoms with Gasteiger partial charge in [0.15, 0.2) is 5.78 Å². The van der Waals surface area contributed by atoms with E-state index in [1.165, 1.54) is 38.4 Å². The zero-order valence-corrected chi connectivity index (χ0v) is 21.3. The lowest BCUT2D eigenvalue weighted by Gasteiger charge is -2.39. The van der Waals surface area contributed by atoms with Gasteiger partial charge < -0.3 is 9.88 Å². The first-order chi connectivity index (χ1) is 18.0. The van der Waals surface area contributed by atoms with Crippen LogP contribution in [0.4, 0.5) is 5.69 Å². The monoisotopic (exact) mass is 482 g/mol. The number of carbonyl (C=O) groups is 1. The highest BCUT2D eigenvalue weighted by atomic mass is 16.1. The molecule has 1 unspecified atom stereocenters. The fraction of sp³-hybridized carbons (Fsp3) is 0.206. The number of nitrogens with one attached hydrogen (secondary N) is 1. The summed E-state index contributed by atoms with van der Waals surface area (Å²) in [6, 6.07) is 32.2. The summed E-state index contributed by atoms with van der Waals surface area (Å²) >= 11 is 0. The van der Waals surface area contributed by atoms with Gasteiger partial charge in [-0.15, -0.1) is 0 Å². The lowest BCUT2D eigenvalue weighted by Crippen LogP contribution is -2.33. The van der Waals surface area contributed by atoms with Crippen molar-refractivity contribution in [3.05, 3.63) is 125 Å². The Kier molecular flexibility index (Phi) is 4.91. The van der Waals surface area contributed by atoms with E-state index in [9.17, 15) is 4.79 Å². The standard InChI is InChI=1S/C34H30N2O/c1-34(2)18-28-33(30(37)19-34)32(31-24-13-7-6-12-23(24)16-17-27(31)35-28)26-21-36(20-22-10-4-3-5-11-22)29-15-9-8-14-25(26)29/h3-17,21,32,35H,18-20H2,1-2H3. The van der Waals surface area contributed by atoms with Crippen LogP contribution in [0.15, 0.2) is 108 Å². The lowest BCUT2D eigenvalue weighted by atomic mass is 9.68. The van der Waals surface area contributed by atoms with E-state index in [-0.39, 0.29) is 17.1 Å². The molecule has 3 nitrogen and oxygen atoms in total. The lowest BCUT2D eigenvalue weighted by molar-refractivity contribution is -0.118. The van der Waals surface area contributed by atoms with Crippen LogP contribution >= 0.6 is 0 Å². The summed E-state index contributed by atoms with van der Waals surface area (Å²) in [4.78, 5) is 13.9. The maximum absolute atomic E-state index is 13.9. The number of rotatable bonds is 3. The molecule has 0 radical (unpaired) electrons. The molecule has 2 heterocycles. The van der Waals surface area contributed by atoms with Crippen LogP contribution in [0.3, 0.4) is 0 Å². The van der Waals surface area contributed by atoms with Gasteiger partial charge in [-0.3, -0.25) is 4.79 Å². The van der Waals surface area contributed by atoms with Crippen LogP contribution in [0.25, 0.3) is 21.7 Å². The predicted molar refractivity (Wildman–Crippen MR) is 152 cm³/mol. The second kappa shape index (κ2) is 8.21. The Bertz CT molecular complexity index is 1720. The van der Waals surface area contributed by atoms with Crippen molar-refractivity contribution in [1.29, 1.82) is 0 Å². The first-order valence-electron chi connectivity index (χ1n) is 13.2. The van der Waals surface area contributed by atoms with Crippen LogP contribution in [0, 0.1) is 5.41 Å². The molecule has 37 heavy (non-hydrogen) atoms. The molecule has 1 aromatic heterocycles. The van der Waals surface area contributed by atoms with Gasteiger partial charge in [-0.25, -0.2) is 0 Å². The minimum Gasteiger partial charge on any atom is -0.358 e. The molecular formula is C34H30N2O.